The van der Waals surface area contributed by atoms with Crippen molar-refractivity contribution >= 4 is 28.9 Å². The third-order valence-electron chi connectivity index (χ3n) is 2.58. The highest BCUT2D eigenvalue weighted by Gasteiger charge is 2.21. The first-order valence-electron chi connectivity index (χ1n) is 4.98. The summed E-state index contributed by atoms with van der Waals surface area (Å²) in [4.78, 5) is 4.24. The third kappa shape index (κ3) is 2.00. The van der Waals surface area contributed by atoms with Crippen LogP contribution < -0.4 is 0 Å². The molecule has 1 aromatic carbocycles. The molecule has 1 heterocycles. The molecule has 0 bridgehead atoms. The summed E-state index contributed by atoms with van der Waals surface area (Å²) in [5, 5.41) is 0.487. The van der Waals surface area contributed by atoms with Gasteiger partial charge in [0, 0.05) is 17.7 Å². The number of hydrogen-bond acceptors (Lipinski definition) is 1. The molecule has 1 nitrogen and oxygen atoms in total. The first-order valence-corrected chi connectivity index (χ1v) is 5.73. The van der Waals surface area contributed by atoms with Crippen molar-refractivity contribution in [1.82, 2.24) is 0 Å². The molecule has 0 saturated carbocycles. The third-order valence-corrected chi connectivity index (χ3v) is 3.26. The molecular formula is C12H10Cl2FN. The van der Waals surface area contributed by atoms with Crippen LogP contribution in [0.25, 0.3) is 0 Å². The molecule has 0 spiro atoms. The first-order chi connectivity index (χ1) is 7.61. The van der Waals surface area contributed by atoms with Gasteiger partial charge < -0.3 is 0 Å². The molecular weight excluding hydrogens is 248 g/mol. The number of hydrogen-bond donors (Lipinski definition) is 0. The first kappa shape index (κ1) is 11.6. The predicted molar refractivity (Wildman–Crippen MR) is 65.9 cm³/mol. The minimum atomic E-state index is -0.467. The summed E-state index contributed by atoms with van der Waals surface area (Å²) < 4.78 is 13.4. The molecule has 0 fully saturated rings. The van der Waals surface area contributed by atoms with Crippen molar-refractivity contribution in [3.05, 3.63) is 45.8 Å². The molecule has 0 amide bonds. The Kier molecular flexibility index (Phi) is 3.31. The zero-order chi connectivity index (χ0) is 11.7. The summed E-state index contributed by atoms with van der Waals surface area (Å²) in [5.41, 5.74) is 1.26. The van der Waals surface area contributed by atoms with E-state index in [-0.39, 0.29) is 10.9 Å². The summed E-state index contributed by atoms with van der Waals surface area (Å²) in [6.07, 6.45) is 4.53. The minimum Gasteiger partial charge on any atom is -0.261 e. The zero-order valence-corrected chi connectivity index (χ0v) is 10.2. The molecule has 1 aromatic rings. The summed E-state index contributed by atoms with van der Waals surface area (Å²) in [5.74, 6) is -0.271. The lowest BCUT2D eigenvalue weighted by Crippen LogP contribution is -2.15. The summed E-state index contributed by atoms with van der Waals surface area (Å²) >= 11 is 12.0. The topological polar surface area (TPSA) is 12.4 Å². The second-order valence-corrected chi connectivity index (χ2v) is 4.54. The largest absolute Gasteiger partial charge is 0.261 e. The summed E-state index contributed by atoms with van der Waals surface area (Å²) in [6.45, 7) is 2.01. The molecule has 1 unspecified atom stereocenters. The van der Waals surface area contributed by atoms with Crippen LogP contribution in [0, 0.1) is 11.7 Å². The van der Waals surface area contributed by atoms with Crippen LogP contribution in [0.4, 0.5) is 4.39 Å². The Hall–Kier alpha value is -0.860. The molecule has 1 atom stereocenters. The van der Waals surface area contributed by atoms with Crippen LogP contribution in [-0.2, 0) is 0 Å². The maximum atomic E-state index is 13.4. The van der Waals surface area contributed by atoms with Crippen LogP contribution in [-0.4, -0.2) is 5.71 Å². The van der Waals surface area contributed by atoms with Crippen molar-refractivity contribution in [2.24, 2.45) is 10.9 Å². The van der Waals surface area contributed by atoms with Gasteiger partial charge in [0.15, 0.2) is 0 Å². The van der Waals surface area contributed by atoms with Crippen LogP contribution >= 0.6 is 23.2 Å². The molecule has 0 aliphatic carbocycles. The molecule has 4 heteroatoms. The number of halogens is 3. The molecule has 84 valence electrons. The van der Waals surface area contributed by atoms with Gasteiger partial charge in [0.2, 0.25) is 0 Å². The van der Waals surface area contributed by atoms with Gasteiger partial charge in [-0.3, -0.25) is 4.99 Å². The highest BCUT2D eigenvalue weighted by Crippen LogP contribution is 2.31. The molecule has 2 rings (SSSR count). The van der Waals surface area contributed by atoms with E-state index in [0.717, 1.165) is 12.1 Å². The van der Waals surface area contributed by atoms with Gasteiger partial charge >= 0.3 is 0 Å². The van der Waals surface area contributed by atoms with Gasteiger partial charge in [-0.2, -0.15) is 0 Å². The second-order valence-electron chi connectivity index (χ2n) is 3.75. The molecule has 1 aliphatic rings. The Labute approximate surface area is 104 Å². The molecule has 0 aromatic heterocycles. The molecule has 0 radical (unpaired) electrons. The van der Waals surface area contributed by atoms with Gasteiger partial charge in [-0.15, -0.1) is 0 Å². The fraction of sp³-hybridized carbons (Fsp3) is 0.250. The van der Waals surface area contributed by atoms with Crippen molar-refractivity contribution in [2.75, 3.05) is 0 Å². The lowest BCUT2D eigenvalue weighted by Gasteiger charge is -2.18. The van der Waals surface area contributed by atoms with E-state index in [9.17, 15) is 4.39 Å². The van der Waals surface area contributed by atoms with Gasteiger partial charge in [0.1, 0.15) is 5.82 Å². The van der Waals surface area contributed by atoms with E-state index in [0.29, 0.717) is 10.6 Å². The number of allylic oxidation sites excluding steroid dienone is 1. The van der Waals surface area contributed by atoms with Crippen molar-refractivity contribution in [3.8, 4) is 0 Å². The Balaban J connectivity index is 2.59. The number of benzene rings is 1. The van der Waals surface area contributed by atoms with Crippen molar-refractivity contribution < 1.29 is 4.39 Å². The van der Waals surface area contributed by atoms with Gasteiger partial charge in [0.05, 0.1) is 15.8 Å². The van der Waals surface area contributed by atoms with Gasteiger partial charge in [-0.05, 0) is 18.6 Å². The van der Waals surface area contributed by atoms with Crippen LogP contribution in [0.5, 0.6) is 0 Å². The summed E-state index contributed by atoms with van der Waals surface area (Å²) in [7, 11) is 0. The van der Waals surface area contributed by atoms with Gasteiger partial charge in [-0.1, -0.05) is 36.2 Å². The molecule has 1 aliphatic heterocycles. The maximum Gasteiger partial charge on any atom is 0.142 e. The van der Waals surface area contributed by atoms with Crippen LogP contribution in [0.15, 0.2) is 29.4 Å². The maximum absolute atomic E-state index is 13.4. The van der Waals surface area contributed by atoms with E-state index < -0.39 is 5.82 Å². The minimum absolute atomic E-state index is 0.0494. The monoisotopic (exact) mass is 257 g/mol. The SMILES string of the molecule is CC1CC=CN=C1c1c(Cl)ccc(F)c1Cl. The van der Waals surface area contributed by atoms with Crippen molar-refractivity contribution in [3.63, 3.8) is 0 Å². The Morgan fingerprint density at radius 1 is 1.38 bits per heavy atom. The van der Waals surface area contributed by atoms with Gasteiger partial charge in [-0.25, -0.2) is 4.39 Å². The van der Waals surface area contributed by atoms with Crippen molar-refractivity contribution in [1.29, 1.82) is 0 Å². The normalized spacial score (nSPS) is 19.8. The Bertz CT molecular complexity index is 480. The Morgan fingerprint density at radius 3 is 2.81 bits per heavy atom. The van der Waals surface area contributed by atoms with E-state index in [1.54, 1.807) is 6.20 Å². The second kappa shape index (κ2) is 4.56. The molecule has 0 N–H and O–H groups in total. The Morgan fingerprint density at radius 2 is 2.12 bits per heavy atom. The standard InChI is InChI=1S/C12H10Cl2FN/c1-7-3-2-6-16-12(7)10-8(13)4-5-9(15)11(10)14/h2,4-7H,3H2,1H3. The number of nitrogens with zero attached hydrogens (tertiary/aromatic N) is 1. The number of rotatable bonds is 1. The fourth-order valence-electron chi connectivity index (χ4n) is 1.71. The summed E-state index contributed by atoms with van der Waals surface area (Å²) in [6, 6.07) is 2.77. The van der Waals surface area contributed by atoms with Crippen LogP contribution in [0.2, 0.25) is 10.0 Å². The van der Waals surface area contributed by atoms with E-state index in [1.165, 1.54) is 12.1 Å². The van der Waals surface area contributed by atoms with Crippen molar-refractivity contribution in [2.45, 2.75) is 13.3 Å². The van der Waals surface area contributed by atoms with Gasteiger partial charge in [0.25, 0.3) is 0 Å². The smallest absolute Gasteiger partial charge is 0.142 e. The predicted octanol–water partition coefficient (Wildman–Crippen LogP) is 4.48. The van der Waals surface area contributed by atoms with E-state index in [4.69, 9.17) is 23.2 Å². The molecule has 0 saturated heterocycles. The van der Waals surface area contributed by atoms with E-state index in [1.807, 2.05) is 13.0 Å². The zero-order valence-electron chi connectivity index (χ0n) is 8.67. The van der Waals surface area contributed by atoms with Crippen LogP contribution in [0.3, 0.4) is 0 Å². The van der Waals surface area contributed by atoms with E-state index in [2.05, 4.69) is 4.99 Å². The quantitative estimate of drug-likeness (QED) is 0.659. The molecule has 16 heavy (non-hydrogen) atoms. The lowest BCUT2D eigenvalue weighted by atomic mass is 9.93. The van der Waals surface area contributed by atoms with Crippen LogP contribution in [0.1, 0.15) is 18.9 Å². The highest BCUT2D eigenvalue weighted by molar-refractivity contribution is 6.40. The fourth-order valence-corrected chi connectivity index (χ4v) is 2.27. The highest BCUT2D eigenvalue weighted by atomic mass is 35.5. The average molecular weight is 258 g/mol. The lowest BCUT2D eigenvalue weighted by molar-refractivity contribution is 0.627. The number of aliphatic imine (C=N–C) groups is 1. The average Bonchev–Trinajstić information content (AvgIpc) is 2.27. The van der Waals surface area contributed by atoms with E-state index >= 15 is 0 Å².